The summed E-state index contributed by atoms with van der Waals surface area (Å²) < 4.78 is 0. The van der Waals surface area contributed by atoms with Gasteiger partial charge in [0.05, 0.1) is 22.8 Å². The fraction of sp³-hybridized carbons (Fsp3) is 0.727. The zero-order valence-corrected chi connectivity index (χ0v) is 47.5. The predicted molar refractivity (Wildman–Crippen MR) is 307 cm³/mol. The molecule has 0 atom stereocenters. The van der Waals surface area contributed by atoms with E-state index in [9.17, 15) is 0 Å². The molecule has 0 N–H and O–H groups in total. The minimum atomic E-state index is 0. The Kier molecular flexibility index (Phi) is 47.3. The number of nitrogens with zero attached hydrogens (tertiary/aromatic N) is 2. The summed E-state index contributed by atoms with van der Waals surface area (Å²) in [5, 5.41) is 0. The second-order valence-electron chi connectivity index (χ2n) is 20.4. The van der Waals surface area contributed by atoms with E-state index in [2.05, 4.69) is 99.9 Å². The second kappa shape index (κ2) is 50.5. The van der Waals surface area contributed by atoms with Gasteiger partial charge >= 0.3 is 0 Å². The fourth-order valence-corrected chi connectivity index (χ4v) is 9.45. The maximum Gasteiger partial charge on any atom is 0.0665 e. The third-order valence-electron chi connectivity index (χ3n) is 13.9. The number of benzene rings is 2. The number of hydrogen-bond acceptors (Lipinski definition) is 2. The van der Waals surface area contributed by atoms with Gasteiger partial charge in [-0.2, -0.15) is 0 Å². The van der Waals surface area contributed by atoms with Crippen LogP contribution >= 0.6 is 0 Å². The molecule has 2 rings (SSSR count). The fourth-order valence-electron chi connectivity index (χ4n) is 9.45. The summed E-state index contributed by atoms with van der Waals surface area (Å²) in [6.45, 7) is 9.21. The SMILES string of the molecule is CCCCCCCCCCCCCCCC#CCCCc1ccccc1/N=C(CCCCCCCC)\C(CCCC)=N\c1ccccc1CCCC#CCCCCCCCCCCCCCCC.[Pd]. The minimum Gasteiger partial charge on any atom is -0.251 e. The third kappa shape index (κ3) is 37.9. The maximum absolute atomic E-state index is 5.55. The van der Waals surface area contributed by atoms with E-state index < -0.39 is 0 Å². The van der Waals surface area contributed by atoms with Crippen LogP contribution in [-0.2, 0) is 33.3 Å². The van der Waals surface area contributed by atoms with Crippen LogP contribution < -0.4 is 0 Å². The van der Waals surface area contributed by atoms with Gasteiger partial charge in [-0.05, 0) is 87.5 Å². The van der Waals surface area contributed by atoms with Gasteiger partial charge in [-0.1, -0.05) is 257 Å². The van der Waals surface area contributed by atoms with Crippen LogP contribution in [-0.4, -0.2) is 11.4 Å². The molecule has 0 heterocycles. The van der Waals surface area contributed by atoms with E-state index in [-0.39, 0.29) is 20.4 Å². The quantitative estimate of drug-likeness (QED) is 0.0273. The van der Waals surface area contributed by atoms with E-state index in [4.69, 9.17) is 9.98 Å². The summed E-state index contributed by atoms with van der Waals surface area (Å²) in [7, 11) is 0. The number of rotatable bonds is 45. The first kappa shape index (κ1) is 64.6. The van der Waals surface area contributed by atoms with Gasteiger partial charge in [0.1, 0.15) is 0 Å². The molecular weight excluding hydrogens is 927 g/mol. The molecule has 392 valence electrons. The van der Waals surface area contributed by atoms with Gasteiger partial charge in [-0.15, -0.1) is 23.7 Å². The zero-order valence-electron chi connectivity index (χ0n) is 45.9. The van der Waals surface area contributed by atoms with Crippen LogP contribution in [0, 0.1) is 23.7 Å². The van der Waals surface area contributed by atoms with E-state index in [1.54, 1.807) is 0 Å². The molecule has 0 spiro atoms. The Balaban J connectivity index is 0.0000238. The minimum absolute atomic E-state index is 0. The number of para-hydroxylation sites is 2. The van der Waals surface area contributed by atoms with Gasteiger partial charge in [0.2, 0.25) is 0 Å². The van der Waals surface area contributed by atoms with Crippen LogP contribution in [0.2, 0.25) is 0 Å². The molecule has 2 nitrogen and oxygen atoms in total. The van der Waals surface area contributed by atoms with Crippen molar-refractivity contribution in [2.24, 2.45) is 9.98 Å². The number of aliphatic imine (C=N–C) groups is 2. The molecule has 0 radical (unpaired) electrons. The number of unbranched alkanes of at least 4 members (excludes halogenated alkanes) is 34. The first-order valence-electron chi connectivity index (χ1n) is 30.0. The van der Waals surface area contributed by atoms with E-state index in [1.807, 2.05) is 0 Å². The molecule has 0 saturated heterocycles. The van der Waals surface area contributed by atoms with Crippen molar-refractivity contribution in [1.82, 2.24) is 0 Å². The summed E-state index contributed by atoms with van der Waals surface area (Å²) in [6.07, 6.45) is 56.6. The molecular formula is C66H108N2Pd. The molecule has 0 aliphatic heterocycles. The summed E-state index contributed by atoms with van der Waals surface area (Å²) in [6, 6.07) is 17.8. The predicted octanol–water partition coefficient (Wildman–Crippen LogP) is 22.1. The van der Waals surface area contributed by atoms with E-state index in [1.165, 1.54) is 228 Å². The van der Waals surface area contributed by atoms with Gasteiger partial charge in [0.25, 0.3) is 0 Å². The normalized spacial score (nSPS) is 11.5. The van der Waals surface area contributed by atoms with Gasteiger partial charge in [0.15, 0.2) is 0 Å². The van der Waals surface area contributed by atoms with Crippen LogP contribution in [0.3, 0.4) is 0 Å². The molecule has 2 aromatic rings. The van der Waals surface area contributed by atoms with Crippen molar-refractivity contribution in [3.8, 4) is 23.7 Å². The molecule has 0 saturated carbocycles. The first-order chi connectivity index (χ1) is 33.7. The van der Waals surface area contributed by atoms with Crippen molar-refractivity contribution >= 4 is 22.8 Å². The largest absolute Gasteiger partial charge is 0.251 e. The van der Waals surface area contributed by atoms with Crippen LogP contribution in [0.25, 0.3) is 0 Å². The topological polar surface area (TPSA) is 24.7 Å². The molecule has 0 bridgehead atoms. The number of aryl methyl sites for hydroxylation is 2. The second-order valence-corrected chi connectivity index (χ2v) is 20.4. The van der Waals surface area contributed by atoms with Crippen molar-refractivity contribution < 1.29 is 20.4 Å². The standard InChI is InChI=1S/C66H108N2.Pd/c1-5-9-13-16-19-21-23-25-27-29-31-33-35-37-39-41-43-46-53-61-55-49-51-58-63(61)67-65(57-12-8-4)66(60-48-45-18-15-11-7-3)68-64-59-52-50-56-62(64)54-47-44-42-40-38-36-34-32-30-28-26-24-22-20-17-14-10-6-2;/h49-52,55-56,58-59H,5-38,43-48,53-54,57,60H2,1-4H3;/b67-65+,68-66-;. The molecule has 0 unspecified atom stereocenters. The Morgan fingerprint density at radius 1 is 0.304 bits per heavy atom. The van der Waals surface area contributed by atoms with Crippen LogP contribution in [0.1, 0.15) is 308 Å². The summed E-state index contributed by atoms with van der Waals surface area (Å²) >= 11 is 0. The summed E-state index contributed by atoms with van der Waals surface area (Å²) in [5.41, 5.74) is 7.33. The van der Waals surface area contributed by atoms with Gasteiger partial charge in [-0.3, -0.25) is 9.98 Å². The first-order valence-corrected chi connectivity index (χ1v) is 30.0. The van der Waals surface area contributed by atoms with E-state index in [0.29, 0.717) is 0 Å². The Morgan fingerprint density at radius 3 is 0.899 bits per heavy atom. The zero-order chi connectivity index (χ0) is 48.5. The Bertz CT molecular complexity index is 1630. The van der Waals surface area contributed by atoms with Crippen molar-refractivity contribution in [1.29, 1.82) is 0 Å². The van der Waals surface area contributed by atoms with Crippen molar-refractivity contribution in [2.45, 2.75) is 310 Å². The smallest absolute Gasteiger partial charge is 0.0665 e. The summed E-state index contributed by atoms with van der Waals surface area (Å²) in [4.78, 5) is 11.1. The van der Waals surface area contributed by atoms with Crippen LogP contribution in [0.4, 0.5) is 11.4 Å². The average molecular weight is 1040 g/mol. The van der Waals surface area contributed by atoms with Crippen LogP contribution in [0.5, 0.6) is 0 Å². The Morgan fingerprint density at radius 2 is 0.565 bits per heavy atom. The summed E-state index contributed by atoms with van der Waals surface area (Å²) in [5.74, 6) is 14.0. The van der Waals surface area contributed by atoms with Gasteiger partial charge < -0.3 is 0 Å². The molecule has 0 aliphatic carbocycles. The molecule has 0 amide bonds. The van der Waals surface area contributed by atoms with E-state index in [0.717, 1.165) is 88.4 Å². The molecule has 0 aromatic heterocycles. The Labute approximate surface area is 444 Å². The average Bonchev–Trinajstić information content (AvgIpc) is 3.36. The van der Waals surface area contributed by atoms with Crippen LogP contribution in [0.15, 0.2) is 58.5 Å². The van der Waals surface area contributed by atoms with Crippen molar-refractivity contribution in [2.75, 3.05) is 0 Å². The van der Waals surface area contributed by atoms with Crippen molar-refractivity contribution in [3.63, 3.8) is 0 Å². The molecule has 69 heavy (non-hydrogen) atoms. The monoisotopic (exact) mass is 1030 g/mol. The van der Waals surface area contributed by atoms with Crippen molar-refractivity contribution in [3.05, 3.63) is 59.7 Å². The molecule has 0 aliphatic rings. The Hall–Kier alpha value is -2.44. The number of hydrogen-bond donors (Lipinski definition) is 0. The maximum atomic E-state index is 5.55. The van der Waals surface area contributed by atoms with E-state index >= 15 is 0 Å². The van der Waals surface area contributed by atoms with Gasteiger partial charge in [0, 0.05) is 46.1 Å². The molecule has 3 heteroatoms. The van der Waals surface area contributed by atoms with Gasteiger partial charge in [-0.25, -0.2) is 0 Å². The third-order valence-corrected chi connectivity index (χ3v) is 13.9. The molecule has 2 aromatic carbocycles. The molecule has 0 fully saturated rings.